The summed E-state index contributed by atoms with van der Waals surface area (Å²) in [4.78, 5) is 0.435. The number of rotatable bonds is 6. The molecular weight excluding hydrogens is 415 g/mol. The molecule has 0 saturated carbocycles. The van der Waals surface area contributed by atoms with E-state index < -0.39 is 10.0 Å². The molecule has 0 bridgehead atoms. The summed E-state index contributed by atoms with van der Waals surface area (Å²) in [6.07, 6.45) is 0. The zero-order chi connectivity index (χ0) is 18.7. The van der Waals surface area contributed by atoms with Gasteiger partial charge < -0.3 is 9.30 Å². The van der Waals surface area contributed by atoms with Crippen LogP contribution in [0.2, 0.25) is 10.0 Å². The normalized spacial score (nSPS) is 12.8. The number of benzene rings is 2. The lowest BCUT2D eigenvalue weighted by Crippen LogP contribution is -2.20. The zero-order valence-corrected chi connectivity index (χ0v) is 17.0. The first kappa shape index (κ1) is 19.4. The lowest BCUT2D eigenvalue weighted by molar-refractivity contribution is 0.139. The largest absolute Gasteiger partial charge is 0.380 e. The maximum atomic E-state index is 12.7. The summed E-state index contributed by atoms with van der Waals surface area (Å²) in [5.74, 6) is 0. The van der Waals surface area contributed by atoms with Crippen LogP contribution < -0.4 is 4.80 Å². The third-order valence-corrected chi connectivity index (χ3v) is 6.87. The first-order valence-electron chi connectivity index (χ1n) is 7.85. The highest BCUT2D eigenvalue weighted by Gasteiger charge is 2.17. The minimum Gasteiger partial charge on any atom is -0.380 e. The van der Waals surface area contributed by atoms with E-state index in [0.29, 0.717) is 44.8 Å². The van der Waals surface area contributed by atoms with Crippen LogP contribution in [0.4, 0.5) is 0 Å². The number of hydrogen-bond acceptors (Lipinski definition) is 4. The lowest BCUT2D eigenvalue weighted by atomic mass is 10.3. The molecular formula is C17H16Cl2N2O3S2. The van der Waals surface area contributed by atoms with Gasteiger partial charge in [-0.25, -0.2) is 0 Å². The van der Waals surface area contributed by atoms with Crippen LogP contribution in [-0.4, -0.2) is 26.2 Å². The number of halogens is 2. The van der Waals surface area contributed by atoms with Crippen molar-refractivity contribution in [1.82, 2.24) is 4.57 Å². The molecule has 0 aliphatic heterocycles. The van der Waals surface area contributed by atoms with Crippen LogP contribution in [0.15, 0.2) is 51.8 Å². The minimum atomic E-state index is -3.85. The van der Waals surface area contributed by atoms with Crippen LogP contribution in [-0.2, 0) is 21.3 Å². The summed E-state index contributed by atoms with van der Waals surface area (Å²) in [5.41, 5.74) is 0.658. The second-order valence-electron chi connectivity index (χ2n) is 5.32. The molecule has 1 heterocycles. The Balaban J connectivity index is 2.23. The van der Waals surface area contributed by atoms with Crippen molar-refractivity contribution < 1.29 is 13.2 Å². The van der Waals surface area contributed by atoms with Gasteiger partial charge in [-0.05, 0) is 31.2 Å². The monoisotopic (exact) mass is 430 g/mol. The number of sulfonamides is 1. The van der Waals surface area contributed by atoms with E-state index in [1.165, 1.54) is 23.5 Å². The molecule has 5 nitrogen and oxygen atoms in total. The van der Waals surface area contributed by atoms with Crippen molar-refractivity contribution in [2.75, 3.05) is 13.2 Å². The first-order chi connectivity index (χ1) is 12.4. The van der Waals surface area contributed by atoms with Crippen molar-refractivity contribution in [2.45, 2.75) is 18.4 Å². The molecule has 0 amide bonds. The molecule has 0 radical (unpaired) electrons. The SMILES string of the molecule is CCOCCn1c(=NS(=O)(=O)c2ccccc2)sc2c(Cl)ccc(Cl)c21. The molecule has 0 spiro atoms. The van der Waals surface area contributed by atoms with E-state index >= 15 is 0 Å². The first-order valence-corrected chi connectivity index (χ1v) is 10.9. The number of hydrogen-bond donors (Lipinski definition) is 0. The van der Waals surface area contributed by atoms with Gasteiger partial charge >= 0.3 is 0 Å². The summed E-state index contributed by atoms with van der Waals surface area (Å²) in [7, 11) is -3.85. The second-order valence-corrected chi connectivity index (χ2v) is 8.72. The average Bonchev–Trinajstić information content (AvgIpc) is 2.98. The second kappa shape index (κ2) is 8.10. The minimum absolute atomic E-state index is 0.131. The van der Waals surface area contributed by atoms with Gasteiger partial charge in [0.1, 0.15) is 0 Å². The van der Waals surface area contributed by atoms with Gasteiger partial charge in [0.05, 0.1) is 31.8 Å². The molecule has 3 rings (SSSR count). The molecule has 0 N–H and O–H groups in total. The molecule has 0 aliphatic rings. The molecule has 2 aromatic carbocycles. The van der Waals surface area contributed by atoms with Gasteiger partial charge in [0.2, 0.25) is 4.80 Å². The smallest absolute Gasteiger partial charge is 0.285 e. The predicted octanol–water partition coefficient (Wildman–Crippen LogP) is 4.34. The Morgan fingerprint density at radius 3 is 2.50 bits per heavy atom. The highest BCUT2D eigenvalue weighted by molar-refractivity contribution is 7.90. The van der Waals surface area contributed by atoms with Gasteiger partial charge in [0.25, 0.3) is 10.0 Å². The molecule has 0 aliphatic carbocycles. The molecule has 138 valence electrons. The zero-order valence-electron chi connectivity index (χ0n) is 13.9. The summed E-state index contributed by atoms with van der Waals surface area (Å²) in [6.45, 7) is 3.28. The lowest BCUT2D eigenvalue weighted by Gasteiger charge is -2.07. The Morgan fingerprint density at radius 2 is 1.81 bits per heavy atom. The highest BCUT2D eigenvalue weighted by Crippen LogP contribution is 2.32. The van der Waals surface area contributed by atoms with E-state index in [4.69, 9.17) is 27.9 Å². The third-order valence-electron chi connectivity index (χ3n) is 3.63. The van der Waals surface area contributed by atoms with Crippen LogP contribution >= 0.6 is 34.5 Å². The van der Waals surface area contributed by atoms with Gasteiger partial charge in [-0.2, -0.15) is 8.42 Å². The quantitative estimate of drug-likeness (QED) is 0.546. The average molecular weight is 431 g/mol. The molecule has 0 fully saturated rings. The molecule has 0 saturated heterocycles. The molecule has 0 atom stereocenters. The van der Waals surface area contributed by atoms with E-state index in [1.807, 2.05) is 6.92 Å². The Hall–Kier alpha value is -1.38. The van der Waals surface area contributed by atoms with E-state index in [9.17, 15) is 8.42 Å². The highest BCUT2D eigenvalue weighted by atomic mass is 35.5. The van der Waals surface area contributed by atoms with E-state index in [0.717, 1.165) is 0 Å². The fraction of sp³-hybridized carbons (Fsp3) is 0.235. The van der Waals surface area contributed by atoms with Gasteiger partial charge in [0.15, 0.2) is 0 Å². The summed E-state index contributed by atoms with van der Waals surface area (Å²) in [6, 6.07) is 11.5. The molecule has 1 aromatic heterocycles. The van der Waals surface area contributed by atoms with Crippen molar-refractivity contribution in [3.05, 3.63) is 57.3 Å². The summed E-state index contributed by atoms with van der Waals surface area (Å²) in [5, 5.41) is 0.980. The van der Waals surface area contributed by atoms with Crippen molar-refractivity contribution in [3.8, 4) is 0 Å². The van der Waals surface area contributed by atoms with Crippen molar-refractivity contribution in [2.24, 2.45) is 4.40 Å². The van der Waals surface area contributed by atoms with E-state index in [2.05, 4.69) is 4.40 Å². The van der Waals surface area contributed by atoms with Crippen molar-refractivity contribution >= 4 is 54.8 Å². The van der Waals surface area contributed by atoms with Crippen molar-refractivity contribution in [3.63, 3.8) is 0 Å². The molecule has 3 aromatic rings. The molecule has 0 unspecified atom stereocenters. The topological polar surface area (TPSA) is 60.7 Å². The Kier molecular flexibility index (Phi) is 6.04. The summed E-state index contributed by atoms with van der Waals surface area (Å²) < 4.78 is 37.2. The predicted molar refractivity (Wildman–Crippen MR) is 106 cm³/mol. The molecule has 26 heavy (non-hydrogen) atoms. The van der Waals surface area contributed by atoms with Crippen molar-refractivity contribution in [1.29, 1.82) is 0 Å². The van der Waals surface area contributed by atoms with Crippen LogP contribution in [0.3, 0.4) is 0 Å². The Bertz CT molecular complexity index is 1090. The fourth-order valence-electron chi connectivity index (χ4n) is 2.44. The number of nitrogens with zero attached hydrogens (tertiary/aromatic N) is 2. The Morgan fingerprint density at radius 1 is 1.12 bits per heavy atom. The standard InChI is InChI=1S/C17H16Cl2N2O3S2/c1-2-24-11-10-21-15-13(18)8-9-14(19)16(15)25-17(21)20-26(22,23)12-6-4-3-5-7-12/h3-9H,2,10-11H2,1H3. The van der Waals surface area contributed by atoms with Crippen LogP contribution in [0, 0.1) is 0 Å². The maximum Gasteiger partial charge on any atom is 0.285 e. The van der Waals surface area contributed by atoms with Crippen LogP contribution in [0.1, 0.15) is 6.92 Å². The number of aromatic nitrogens is 1. The van der Waals surface area contributed by atoms with Gasteiger partial charge in [-0.1, -0.05) is 52.7 Å². The maximum absolute atomic E-state index is 12.7. The number of thiazole rings is 1. The third kappa shape index (κ3) is 3.97. The number of fused-ring (bicyclic) bond motifs is 1. The van der Waals surface area contributed by atoms with Gasteiger partial charge in [-0.3, -0.25) is 0 Å². The molecule has 9 heteroatoms. The summed E-state index contributed by atoms with van der Waals surface area (Å²) >= 11 is 13.8. The number of ether oxygens (including phenoxy) is 1. The van der Waals surface area contributed by atoms with Crippen LogP contribution in [0.25, 0.3) is 10.2 Å². The fourth-order valence-corrected chi connectivity index (χ4v) is 5.33. The van der Waals surface area contributed by atoms with E-state index in [-0.39, 0.29) is 4.90 Å². The van der Waals surface area contributed by atoms with Gasteiger partial charge in [0, 0.05) is 13.2 Å². The van der Waals surface area contributed by atoms with E-state index in [1.54, 1.807) is 34.9 Å². The Labute approximate surface area is 165 Å². The van der Waals surface area contributed by atoms with Crippen LogP contribution in [0.5, 0.6) is 0 Å². The van der Waals surface area contributed by atoms with Gasteiger partial charge in [-0.15, -0.1) is 4.40 Å².